The molecule has 3 aromatic rings. The van der Waals surface area contributed by atoms with E-state index in [4.69, 9.17) is 5.73 Å². The van der Waals surface area contributed by atoms with Crippen molar-refractivity contribution in [3.8, 4) is 11.3 Å². The number of hydrogen-bond donors (Lipinski definition) is 2. The second-order valence-corrected chi connectivity index (χ2v) is 6.07. The van der Waals surface area contributed by atoms with Gasteiger partial charge in [-0.15, -0.1) is 0 Å². The van der Waals surface area contributed by atoms with Gasteiger partial charge in [0.15, 0.2) is 5.65 Å². The highest BCUT2D eigenvalue weighted by Crippen LogP contribution is 2.26. The molecule has 3 N–H and O–H groups in total. The van der Waals surface area contributed by atoms with Gasteiger partial charge in [0, 0.05) is 23.7 Å². The van der Waals surface area contributed by atoms with Crippen molar-refractivity contribution in [2.24, 2.45) is 0 Å². The molecule has 0 aliphatic carbocycles. The molecule has 114 valence electrons. The highest BCUT2D eigenvalue weighted by molar-refractivity contribution is 7.86. The average Bonchev–Trinajstić information content (AvgIpc) is 2.95. The van der Waals surface area contributed by atoms with Crippen LogP contribution in [0.1, 0.15) is 6.92 Å². The first kappa shape index (κ1) is 14.5. The lowest BCUT2D eigenvalue weighted by Crippen LogP contribution is -2.08. The molecule has 0 aliphatic heterocycles. The first-order valence-corrected chi connectivity index (χ1v) is 7.94. The number of hydrogen-bond acceptors (Lipinski definition) is 4. The van der Waals surface area contributed by atoms with E-state index in [0.29, 0.717) is 22.7 Å². The molecular weight excluding hydrogens is 305 g/mol. The molecule has 6 nitrogen and oxygen atoms in total. The number of aromatic nitrogens is 3. The van der Waals surface area contributed by atoms with E-state index in [9.17, 15) is 8.60 Å². The fourth-order valence-electron chi connectivity index (χ4n) is 2.10. The summed E-state index contributed by atoms with van der Waals surface area (Å²) >= 11 is 0. The van der Waals surface area contributed by atoms with Gasteiger partial charge >= 0.3 is 0 Å². The second-order valence-electron chi connectivity index (χ2n) is 4.60. The molecule has 8 heteroatoms. The van der Waals surface area contributed by atoms with Gasteiger partial charge < -0.3 is 10.5 Å². The lowest BCUT2D eigenvalue weighted by Gasteiger charge is -2.08. The minimum absolute atomic E-state index is 0.0940. The van der Waals surface area contributed by atoms with E-state index in [1.54, 1.807) is 35.7 Å². The summed E-state index contributed by atoms with van der Waals surface area (Å²) in [6, 6.07) is 5.12. The van der Waals surface area contributed by atoms with E-state index in [2.05, 4.69) is 14.7 Å². The Morgan fingerprint density at radius 3 is 3.00 bits per heavy atom. The van der Waals surface area contributed by atoms with E-state index >= 15 is 0 Å². The van der Waals surface area contributed by atoms with Gasteiger partial charge in [0.2, 0.25) is 5.95 Å². The highest BCUT2D eigenvalue weighted by atomic mass is 32.2. The molecule has 1 unspecified atom stereocenters. The number of nitrogens with two attached hydrogens (primary N) is 1. The van der Waals surface area contributed by atoms with E-state index in [1.807, 2.05) is 6.20 Å². The zero-order valence-corrected chi connectivity index (χ0v) is 12.6. The Morgan fingerprint density at radius 1 is 1.41 bits per heavy atom. The molecule has 0 saturated carbocycles. The predicted molar refractivity (Wildman–Crippen MR) is 85.1 cm³/mol. The molecule has 0 spiro atoms. The van der Waals surface area contributed by atoms with Crippen LogP contribution in [-0.4, -0.2) is 24.3 Å². The Balaban J connectivity index is 2.09. The SMILES string of the molecule is CCS(=O)Nc1cc(-c2cnc3c(N)cccn23)cnc1F. The van der Waals surface area contributed by atoms with Crippen molar-refractivity contribution in [3.63, 3.8) is 0 Å². The summed E-state index contributed by atoms with van der Waals surface area (Å²) in [5, 5.41) is 0. The minimum Gasteiger partial charge on any atom is -0.396 e. The highest BCUT2D eigenvalue weighted by Gasteiger charge is 2.12. The molecule has 3 aromatic heterocycles. The summed E-state index contributed by atoms with van der Waals surface area (Å²) in [5.41, 5.74) is 8.51. The van der Waals surface area contributed by atoms with Crippen LogP contribution in [0.4, 0.5) is 15.8 Å². The van der Waals surface area contributed by atoms with E-state index in [-0.39, 0.29) is 5.69 Å². The number of nitrogens with one attached hydrogen (secondary N) is 1. The Bertz CT molecular complexity index is 864. The summed E-state index contributed by atoms with van der Waals surface area (Å²) < 4.78 is 29.7. The first-order valence-electron chi connectivity index (χ1n) is 6.62. The van der Waals surface area contributed by atoms with Crippen LogP contribution >= 0.6 is 0 Å². The third kappa shape index (κ3) is 2.52. The first-order chi connectivity index (χ1) is 10.6. The minimum atomic E-state index is -1.35. The van der Waals surface area contributed by atoms with Crippen LogP contribution in [0.2, 0.25) is 0 Å². The van der Waals surface area contributed by atoms with Crippen LogP contribution < -0.4 is 10.5 Å². The smallest absolute Gasteiger partial charge is 0.237 e. The lowest BCUT2D eigenvalue weighted by atomic mass is 10.2. The number of nitrogen functional groups attached to an aromatic ring is 1. The Labute approximate surface area is 128 Å². The molecule has 0 fully saturated rings. The van der Waals surface area contributed by atoms with Crippen molar-refractivity contribution in [3.05, 3.63) is 42.7 Å². The van der Waals surface area contributed by atoms with E-state index in [0.717, 1.165) is 5.69 Å². The van der Waals surface area contributed by atoms with Gasteiger partial charge in [-0.1, -0.05) is 6.92 Å². The van der Waals surface area contributed by atoms with Gasteiger partial charge in [-0.2, -0.15) is 4.39 Å². The summed E-state index contributed by atoms with van der Waals surface area (Å²) in [4.78, 5) is 7.98. The molecule has 0 saturated heterocycles. The standard InChI is InChI=1S/C14H14FN5OS/c1-2-22(21)19-11-6-9(7-17-13(11)15)12-8-18-14-10(16)4-3-5-20(12)14/h3-8,19H,2,16H2,1H3. The molecule has 1 atom stereocenters. The van der Waals surface area contributed by atoms with E-state index < -0.39 is 16.9 Å². The molecule has 0 radical (unpaired) electrons. The maximum absolute atomic E-state index is 13.7. The number of pyridine rings is 2. The zero-order valence-electron chi connectivity index (χ0n) is 11.8. The van der Waals surface area contributed by atoms with Crippen molar-refractivity contribution >= 4 is 28.0 Å². The zero-order chi connectivity index (χ0) is 15.7. The van der Waals surface area contributed by atoms with Gasteiger partial charge in [-0.25, -0.2) is 14.2 Å². The van der Waals surface area contributed by atoms with Crippen LogP contribution in [0.15, 0.2) is 36.8 Å². The van der Waals surface area contributed by atoms with Crippen molar-refractivity contribution in [2.45, 2.75) is 6.92 Å². The monoisotopic (exact) mass is 319 g/mol. The summed E-state index contributed by atoms with van der Waals surface area (Å²) in [6.07, 6.45) is 4.86. The van der Waals surface area contributed by atoms with Crippen molar-refractivity contribution in [1.29, 1.82) is 0 Å². The topological polar surface area (TPSA) is 85.3 Å². The number of fused-ring (bicyclic) bond motifs is 1. The molecular formula is C14H14FN5OS. The molecule has 3 rings (SSSR count). The number of anilines is 2. The van der Waals surface area contributed by atoms with Crippen molar-refractivity contribution in [1.82, 2.24) is 14.4 Å². The van der Waals surface area contributed by atoms with Crippen LogP contribution in [0.3, 0.4) is 0 Å². The van der Waals surface area contributed by atoms with Crippen LogP contribution in [-0.2, 0) is 11.0 Å². The summed E-state index contributed by atoms with van der Waals surface area (Å²) in [7, 11) is -1.35. The number of imidazole rings is 1. The van der Waals surface area contributed by atoms with Crippen molar-refractivity contribution in [2.75, 3.05) is 16.2 Å². The van der Waals surface area contributed by atoms with Gasteiger partial charge in [0.1, 0.15) is 16.7 Å². The number of rotatable bonds is 4. The second kappa shape index (κ2) is 5.72. The molecule has 0 amide bonds. The van der Waals surface area contributed by atoms with Gasteiger partial charge in [-0.05, 0) is 18.2 Å². The third-order valence-electron chi connectivity index (χ3n) is 3.19. The van der Waals surface area contributed by atoms with Gasteiger partial charge in [0.25, 0.3) is 0 Å². The van der Waals surface area contributed by atoms with Crippen molar-refractivity contribution < 1.29 is 8.60 Å². The maximum Gasteiger partial charge on any atom is 0.237 e. The Kier molecular flexibility index (Phi) is 3.76. The van der Waals surface area contributed by atoms with Crippen LogP contribution in [0.5, 0.6) is 0 Å². The van der Waals surface area contributed by atoms with Crippen LogP contribution in [0.25, 0.3) is 16.9 Å². The largest absolute Gasteiger partial charge is 0.396 e. The normalized spacial score (nSPS) is 12.5. The van der Waals surface area contributed by atoms with Crippen LogP contribution in [0, 0.1) is 5.95 Å². The average molecular weight is 319 g/mol. The lowest BCUT2D eigenvalue weighted by molar-refractivity contribution is 0.588. The Hall–Kier alpha value is -2.48. The molecule has 0 bridgehead atoms. The predicted octanol–water partition coefficient (Wildman–Crippen LogP) is 2.21. The fraction of sp³-hybridized carbons (Fsp3) is 0.143. The molecule has 22 heavy (non-hydrogen) atoms. The number of nitrogens with zero attached hydrogens (tertiary/aromatic N) is 3. The summed E-state index contributed by atoms with van der Waals surface area (Å²) in [5.74, 6) is -0.325. The van der Waals surface area contributed by atoms with E-state index in [1.165, 1.54) is 6.20 Å². The quantitative estimate of drug-likeness (QED) is 0.722. The number of halogens is 1. The van der Waals surface area contributed by atoms with Gasteiger partial charge in [-0.3, -0.25) is 4.40 Å². The van der Waals surface area contributed by atoms with Gasteiger partial charge in [0.05, 0.1) is 17.6 Å². The third-order valence-corrected chi connectivity index (χ3v) is 4.16. The Morgan fingerprint density at radius 2 is 2.23 bits per heavy atom. The summed E-state index contributed by atoms with van der Waals surface area (Å²) in [6.45, 7) is 1.74. The molecule has 0 aliphatic rings. The molecule has 3 heterocycles. The fourth-order valence-corrected chi connectivity index (χ4v) is 2.63. The maximum atomic E-state index is 13.7. The molecule has 0 aromatic carbocycles.